The van der Waals surface area contributed by atoms with E-state index in [1.807, 2.05) is 0 Å². The highest BCUT2D eigenvalue weighted by Gasteiger charge is 2.43. The van der Waals surface area contributed by atoms with Gasteiger partial charge in [0, 0.05) is 19.6 Å². The van der Waals surface area contributed by atoms with Crippen LogP contribution < -0.4 is 5.32 Å². The molecule has 0 aromatic carbocycles. The molecule has 3 nitrogen and oxygen atoms in total. The normalized spacial score (nSPS) is 34.6. The molecule has 0 aromatic rings. The first-order valence-corrected chi connectivity index (χ1v) is 6.68. The molecule has 0 bridgehead atoms. The van der Waals surface area contributed by atoms with Crippen LogP contribution in [0.3, 0.4) is 0 Å². The van der Waals surface area contributed by atoms with Gasteiger partial charge in [0.05, 0.1) is 5.41 Å². The van der Waals surface area contributed by atoms with E-state index in [1.165, 1.54) is 6.42 Å². The third-order valence-electron chi connectivity index (χ3n) is 4.14. The van der Waals surface area contributed by atoms with Gasteiger partial charge in [-0.15, -0.1) is 0 Å². The summed E-state index contributed by atoms with van der Waals surface area (Å²) in [5.74, 6) is 1.11. The Kier molecular flexibility index (Phi) is 3.53. The van der Waals surface area contributed by atoms with Gasteiger partial charge in [0.15, 0.2) is 0 Å². The molecule has 0 spiro atoms. The summed E-state index contributed by atoms with van der Waals surface area (Å²) < 4.78 is 0. The van der Waals surface area contributed by atoms with Crippen LogP contribution in [0, 0.1) is 11.3 Å². The van der Waals surface area contributed by atoms with Crippen LogP contribution >= 0.6 is 0 Å². The number of carbonyl (C=O) groups is 1. The minimum Gasteiger partial charge on any atom is -0.342 e. The maximum absolute atomic E-state index is 12.6. The van der Waals surface area contributed by atoms with Gasteiger partial charge in [0.2, 0.25) is 5.91 Å². The van der Waals surface area contributed by atoms with E-state index >= 15 is 0 Å². The highest BCUT2D eigenvalue weighted by Crippen LogP contribution is 2.34. The molecular formula is C13H24N2O. The van der Waals surface area contributed by atoms with E-state index in [-0.39, 0.29) is 5.41 Å². The third-order valence-corrected chi connectivity index (χ3v) is 4.14. The molecule has 92 valence electrons. The van der Waals surface area contributed by atoms with Gasteiger partial charge in [0.25, 0.3) is 0 Å². The summed E-state index contributed by atoms with van der Waals surface area (Å²) in [7, 11) is 0. The maximum atomic E-state index is 12.6. The standard InChI is InChI=1S/C13H24N2O/c1-3-5-13(6-7-14-10-13)12(16)15-8-4-11(2)9-15/h11,14H,3-10H2,1-2H3. The van der Waals surface area contributed by atoms with Crippen LogP contribution in [-0.4, -0.2) is 37.0 Å². The molecule has 3 heteroatoms. The number of amides is 1. The summed E-state index contributed by atoms with van der Waals surface area (Å²) >= 11 is 0. The van der Waals surface area contributed by atoms with Crippen molar-refractivity contribution in [1.82, 2.24) is 10.2 Å². The topological polar surface area (TPSA) is 32.3 Å². The first-order chi connectivity index (χ1) is 7.68. The molecule has 0 radical (unpaired) electrons. The number of hydrogen-bond donors (Lipinski definition) is 1. The van der Waals surface area contributed by atoms with Crippen molar-refractivity contribution in [1.29, 1.82) is 0 Å². The quantitative estimate of drug-likeness (QED) is 0.790. The van der Waals surface area contributed by atoms with Gasteiger partial charge in [-0.25, -0.2) is 0 Å². The van der Waals surface area contributed by atoms with Crippen molar-refractivity contribution >= 4 is 5.91 Å². The molecule has 2 rings (SSSR count). The first-order valence-electron chi connectivity index (χ1n) is 6.68. The van der Waals surface area contributed by atoms with Gasteiger partial charge in [0.1, 0.15) is 0 Å². The van der Waals surface area contributed by atoms with Crippen LogP contribution in [0.15, 0.2) is 0 Å². The van der Waals surface area contributed by atoms with Crippen LogP contribution in [-0.2, 0) is 4.79 Å². The Morgan fingerprint density at radius 1 is 1.56 bits per heavy atom. The molecule has 2 unspecified atom stereocenters. The Labute approximate surface area is 98.6 Å². The molecule has 0 saturated carbocycles. The maximum Gasteiger partial charge on any atom is 0.230 e. The highest BCUT2D eigenvalue weighted by atomic mass is 16.2. The van der Waals surface area contributed by atoms with Crippen LogP contribution in [0.5, 0.6) is 0 Å². The summed E-state index contributed by atoms with van der Waals surface area (Å²) in [4.78, 5) is 14.7. The molecule has 2 fully saturated rings. The smallest absolute Gasteiger partial charge is 0.230 e. The lowest BCUT2D eigenvalue weighted by Crippen LogP contribution is -2.44. The second kappa shape index (κ2) is 4.74. The zero-order valence-corrected chi connectivity index (χ0v) is 10.6. The number of nitrogens with zero attached hydrogens (tertiary/aromatic N) is 1. The van der Waals surface area contributed by atoms with Gasteiger partial charge < -0.3 is 10.2 Å². The van der Waals surface area contributed by atoms with Crippen molar-refractivity contribution in [3.63, 3.8) is 0 Å². The average Bonchev–Trinajstić information content (AvgIpc) is 2.87. The van der Waals surface area contributed by atoms with Crippen molar-refractivity contribution < 1.29 is 4.79 Å². The molecule has 2 aliphatic heterocycles. The number of carbonyl (C=O) groups excluding carboxylic acids is 1. The Morgan fingerprint density at radius 3 is 2.88 bits per heavy atom. The zero-order chi connectivity index (χ0) is 11.6. The molecule has 2 heterocycles. The van der Waals surface area contributed by atoms with Crippen LogP contribution in [0.2, 0.25) is 0 Å². The van der Waals surface area contributed by atoms with Crippen LogP contribution in [0.1, 0.15) is 39.5 Å². The van der Waals surface area contributed by atoms with Crippen molar-refractivity contribution in [2.45, 2.75) is 39.5 Å². The van der Waals surface area contributed by atoms with Gasteiger partial charge in [-0.05, 0) is 31.7 Å². The number of nitrogens with one attached hydrogen (secondary N) is 1. The zero-order valence-electron chi connectivity index (χ0n) is 10.6. The van der Waals surface area contributed by atoms with Crippen molar-refractivity contribution in [2.24, 2.45) is 11.3 Å². The molecule has 2 aliphatic rings. The molecule has 16 heavy (non-hydrogen) atoms. The fraction of sp³-hybridized carbons (Fsp3) is 0.923. The number of rotatable bonds is 3. The molecule has 2 atom stereocenters. The SMILES string of the molecule is CCCC1(C(=O)N2CCC(C)C2)CCNC1. The number of hydrogen-bond acceptors (Lipinski definition) is 2. The Morgan fingerprint density at radius 2 is 2.38 bits per heavy atom. The molecular weight excluding hydrogens is 200 g/mol. The first kappa shape index (κ1) is 11.9. The lowest BCUT2D eigenvalue weighted by molar-refractivity contribution is -0.140. The summed E-state index contributed by atoms with van der Waals surface area (Å²) in [6, 6.07) is 0. The summed E-state index contributed by atoms with van der Waals surface area (Å²) in [5.41, 5.74) is -0.0706. The predicted octanol–water partition coefficient (Wildman–Crippen LogP) is 1.63. The second-order valence-electron chi connectivity index (χ2n) is 5.60. The van der Waals surface area contributed by atoms with E-state index < -0.39 is 0 Å². The van der Waals surface area contributed by atoms with Crippen LogP contribution in [0.4, 0.5) is 0 Å². The van der Waals surface area contributed by atoms with Gasteiger partial charge in [-0.2, -0.15) is 0 Å². The summed E-state index contributed by atoms with van der Waals surface area (Å²) in [6.07, 6.45) is 4.37. The molecule has 0 aliphatic carbocycles. The fourth-order valence-electron chi connectivity index (χ4n) is 3.18. The lowest BCUT2D eigenvalue weighted by Gasteiger charge is -2.31. The van der Waals surface area contributed by atoms with E-state index in [4.69, 9.17) is 0 Å². The Bertz CT molecular complexity index is 259. The summed E-state index contributed by atoms with van der Waals surface area (Å²) in [6.45, 7) is 8.28. The fourth-order valence-corrected chi connectivity index (χ4v) is 3.18. The summed E-state index contributed by atoms with van der Waals surface area (Å²) in [5, 5.41) is 3.37. The molecule has 0 aromatic heterocycles. The molecule has 2 saturated heterocycles. The van der Waals surface area contributed by atoms with Crippen molar-refractivity contribution in [2.75, 3.05) is 26.2 Å². The van der Waals surface area contributed by atoms with Crippen molar-refractivity contribution in [3.05, 3.63) is 0 Å². The van der Waals surface area contributed by atoms with Crippen LogP contribution in [0.25, 0.3) is 0 Å². The average molecular weight is 224 g/mol. The highest BCUT2D eigenvalue weighted by molar-refractivity contribution is 5.83. The number of likely N-dealkylation sites (tertiary alicyclic amines) is 1. The second-order valence-corrected chi connectivity index (χ2v) is 5.60. The Hall–Kier alpha value is -0.570. The monoisotopic (exact) mass is 224 g/mol. The third kappa shape index (κ3) is 2.10. The lowest BCUT2D eigenvalue weighted by atomic mass is 9.81. The van der Waals surface area contributed by atoms with Gasteiger partial charge in [-0.3, -0.25) is 4.79 Å². The largest absolute Gasteiger partial charge is 0.342 e. The minimum atomic E-state index is -0.0706. The van der Waals surface area contributed by atoms with Crippen molar-refractivity contribution in [3.8, 4) is 0 Å². The minimum absolute atomic E-state index is 0.0706. The predicted molar refractivity (Wildman–Crippen MR) is 65.2 cm³/mol. The Balaban J connectivity index is 2.05. The van der Waals surface area contributed by atoms with E-state index in [9.17, 15) is 4.79 Å². The van der Waals surface area contributed by atoms with Gasteiger partial charge in [-0.1, -0.05) is 20.3 Å². The molecule has 1 amide bonds. The molecule has 1 N–H and O–H groups in total. The van der Waals surface area contributed by atoms with E-state index in [0.717, 1.165) is 45.4 Å². The van der Waals surface area contributed by atoms with Gasteiger partial charge >= 0.3 is 0 Å². The van der Waals surface area contributed by atoms with E-state index in [2.05, 4.69) is 24.1 Å². The van der Waals surface area contributed by atoms with E-state index in [1.54, 1.807) is 0 Å². The van der Waals surface area contributed by atoms with E-state index in [0.29, 0.717) is 11.8 Å².